The molecule has 0 saturated heterocycles. The molecule has 0 spiro atoms. The van der Waals surface area contributed by atoms with E-state index >= 15 is 0 Å². The maximum absolute atomic E-state index is 11.8. The zero-order chi connectivity index (χ0) is 17.0. The number of Topliss-reactive ketones (excluding diaryl/α,β-unsaturated/α-hetero) is 1. The van der Waals surface area contributed by atoms with Gasteiger partial charge in [-0.3, -0.25) is 9.59 Å². The van der Waals surface area contributed by atoms with E-state index in [2.05, 4.69) is 39.8 Å². The number of ketones is 1. The topological polar surface area (TPSA) is 43.4 Å². The molecule has 0 aromatic heterocycles. The van der Waals surface area contributed by atoms with Gasteiger partial charge in [0.25, 0.3) is 0 Å². The number of ether oxygens (including phenoxy) is 1. The first-order valence-electron chi connectivity index (χ1n) is 8.12. The molecule has 1 rings (SSSR count). The van der Waals surface area contributed by atoms with Crippen LogP contribution >= 0.6 is 0 Å². The summed E-state index contributed by atoms with van der Waals surface area (Å²) in [6.07, 6.45) is 8.91. The van der Waals surface area contributed by atoms with Crippen molar-refractivity contribution in [1.82, 2.24) is 0 Å². The highest BCUT2D eigenvalue weighted by atomic mass is 16.5. The molecule has 0 aromatic carbocycles. The third-order valence-corrected chi connectivity index (χ3v) is 3.96. The monoisotopic (exact) mass is 306 g/mol. The molecular weight excluding hydrogens is 276 g/mol. The number of rotatable bonds is 6. The molecule has 1 unspecified atom stereocenters. The van der Waals surface area contributed by atoms with Crippen LogP contribution in [0.25, 0.3) is 0 Å². The highest BCUT2D eigenvalue weighted by Crippen LogP contribution is 2.44. The van der Waals surface area contributed by atoms with Crippen molar-refractivity contribution in [1.29, 1.82) is 0 Å². The third-order valence-electron chi connectivity index (χ3n) is 3.96. The molecule has 0 aliphatic heterocycles. The lowest BCUT2D eigenvalue weighted by molar-refractivity contribution is -0.150. The van der Waals surface area contributed by atoms with Crippen LogP contribution in [-0.2, 0) is 14.3 Å². The van der Waals surface area contributed by atoms with Crippen LogP contribution in [0.15, 0.2) is 23.8 Å². The van der Waals surface area contributed by atoms with Gasteiger partial charge in [0.15, 0.2) is 0 Å². The fourth-order valence-corrected chi connectivity index (χ4v) is 3.59. The van der Waals surface area contributed by atoms with Crippen LogP contribution in [0.1, 0.15) is 60.8 Å². The van der Waals surface area contributed by atoms with Crippen LogP contribution in [0, 0.1) is 16.7 Å². The van der Waals surface area contributed by atoms with Crippen molar-refractivity contribution in [3.05, 3.63) is 23.8 Å². The van der Waals surface area contributed by atoms with Crippen LogP contribution in [0.3, 0.4) is 0 Å². The van der Waals surface area contributed by atoms with Crippen molar-refractivity contribution in [3.8, 4) is 0 Å². The van der Waals surface area contributed by atoms with Gasteiger partial charge in [0.05, 0.1) is 6.61 Å². The summed E-state index contributed by atoms with van der Waals surface area (Å²) in [6, 6.07) is 0. The maximum Gasteiger partial charge on any atom is 0.316 e. The van der Waals surface area contributed by atoms with Gasteiger partial charge in [-0.15, -0.1) is 0 Å². The molecule has 0 bridgehead atoms. The summed E-state index contributed by atoms with van der Waals surface area (Å²) in [7, 11) is 0. The second-order valence-corrected chi connectivity index (χ2v) is 7.78. The molecule has 0 heterocycles. The molecule has 22 heavy (non-hydrogen) atoms. The van der Waals surface area contributed by atoms with Crippen molar-refractivity contribution in [2.24, 2.45) is 16.7 Å². The second kappa shape index (κ2) is 7.26. The summed E-state index contributed by atoms with van der Waals surface area (Å²) < 4.78 is 4.97. The Morgan fingerprint density at radius 1 is 1.32 bits per heavy atom. The molecule has 3 heteroatoms. The Labute approximate surface area is 134 Å². The van der Waals surface area contributed by atoms with Crippen LogP contribution in [0.2, 0.25) is 0 Å². The first kappa shape index (κ1) is 18.7. The van der Waals surface area contributed by atoms with E-state index in [4.69, 9.17) is 4.74 Å². The summed E-state index contributed by atoms with van der Waals surface area (Å²) in [5, 5.41) is 0. The Hall–Kier alpha value is -1.38. The van der Waals surface area contributed by atoms with E-state index in [0.29, 0.717) is 13.0 Å². The standard InChI is InChI=1S/C19H30O3/c1-7-22-17(21)16(14(2)20)10-8-9-15-11-18(3,4)13-19(5,6)12-15/h8-9,11,16H,7,10,12-13H2,1-6H3/b9-8+. The molecule has 0 saturated carbocycles. The molecule has 124 valence electrons. The van der Waals surface area contributed by atoms with Crippen molar-refractivity contribution >= 4 is 11.8 Å². The van der Waals surface area contributed by atoms with Gasteiger partial charge in [-0.05, 0) is 43.9 Å². The number of hydrogen-bond donors (Lipinski definition) is 0. The highest BCUT2D eigenvalue weighted by molar-refractivity contribution is 5.97. The normalized spacial score (nSPS) is 21.3. The number of carbonyl (C=O) groups is 2. The molecule has 0 fully saturated rings. The molecule has 0 N–H and O–H groups in total. The zero-order valence-electron chi connectivity index (χ0n) is 14.9. The summed E-state index contributed by atoms with van der Waals surface area (Å²) >= 11 is 0. The Balaban J connectivity index is 2.77. The number of esters is 1. The van der Waals surface area contributed by atoms with E-state index in [1.54, 1.807) is 6.92 Å². The summed E-state index contributed by atoms with van der Waals surface area (Å²) in [6.45, 7) is 12.6. The van der Waals surface area contributed by atoms with Crippen LogP contribution in [0.4, 0.5) is 0 Å². The Morgan fingerprint density at radius 2 is 1.95 bits per heavy atom. The van der Waals surface area contributed by atoms with E-state index in [9.17, 15) is 9.59 Å². The van der Waals surface area contributed by atoms with Crippen LogP contribution in [-0.4, -0.2) is 18.4 Å². The van der Waals surface area contributed by atoms with E-state index in [1.807, 2.05) is 6.08 Å². The van der Waals surface area contributed by atoms with Crippen molar-refractivity contribution in [2.75, 3.05) is 6.61 Å². The molecule has 0 amide bonds. The second-order valence-electron chi connectivity index (χ2n) is 7.78. The maximum atomic E-state index is 11.8. The van der Waals surface area contributed by atoms with E-state index in [0.717, 1.165) is 12.8 Å². The smallest absolute Gasteiger partial charge is 0.316 e. The van der Waals surface area contributed by atoms with Gasteiger partial charge in [0.2, 0.25) is 0 Å². The van der Waals surface area contributed by atoms with Gasteiger partial charge in [0.1, 0.15) is 11.7 Å². The Kier molecular flexibility index (Phi) is 6.16. The molecular formula is C19H30O3. The zero-order valence-corrected chi connectivity index (χ0v) is 14.9. The van der Waals surface area contributed by atoms with Gasteiger partial charge in [0, 0.05) is 0 Å². The largest absolute Gasteiger partial charge is 0.465 e. The number of hydrogen-bond acceptors (Lipinski definition) is 3. The van der Waals surface area contributed by atoms with Gasteiger partial charge in [-0.25, -0.2) is 0 Å². The average Bonchev–Trinajstić information content (AvgIpc) is 2.30. The quantitative estimate of drug-likeness (QED) is 0.537. The van der Waals surface area contributed by atoms with E-state index < -0.39 is 11.9 Å². The fourth-order valence-electron chi connectivity index (χ4n) is 3.59. The lowest BCUT2D eigenvalue weighted by atomic mass is 9.67. The number of carbonyl (C=O) groups excluding carboxylic acids is 2. The summed E-state index contributed by atoms with van der Waals surface area (Å²) in [5.41, 5.74) is 1.74. The van der Waals surface area contributed by atoms with Crippen molar-refractivity contribution < 1.29 is 14.3 Å². The minimum atomic E-state index is -0.679. The molecule has 1 atom stereocenters. The summed E-state index contributed by atoms with van der Waals surface area (Å²) in [4.78, 5) is 23.4. The third kappa shape index (κ3) is 5.78. The van der Waals surface area contributed by atoms with Gasteiger partial charge < -0.3 is 4.74 Å². The van der Waals surface area contributed by atoms with E-state index in [1.165, 1.54) is 12.5 Å². The molecule has 1 aliphatic carbocycles. The van der Waals surface area contributed by atoms with Gasteiger partial charge in [-0.2, -0.15) is 0 Å². The van der Waals surface area contributed by atoms with Gasteiger partial charge in [-0.1, -0.05) is 51.5 Å². The van der Waals surface area contributed by atoms with Crippen molar-refractivity contribution in [3.63, 3.8) is 0 Å². The summed E-state index contributed by atoms with van der Waals surface area (Å²) in [5.74, 6) is -1.24. The predicted molar refractivity (Wildman–Crippen MR) is 89.4 cm³/mol. The average molecular weight is 306 g/mol. The van der Waals surface area contributed by atoms with Crippen LogP contribution < -0.4 is 0 Å². The Bertz CT molecular complexity index is 481. The van der Waals surface area contributed by atoms with Crippen LogP contribution in [0.5, 0.6) is 0 Å². The fraction of sp³-hybridized carbons (Fsp3) is 0.684. The number of allylic oxidation sites excluding steroid dienone is 4. The van der Waals surface area contributed by atoms with Crippen molar-refractivity contribution in [2.45, 2.75) is 60.8 Å². The highest BCUT2D eigenvalue weighted by Gasteiger charge is 2.32. The van der Waals surface area contributed by atoms with Gasteiger partial charge >= 0.3 is 5.97 Å². The minimum Gasteiger partial charge on any atom is -0.465 e. The first-order chi connectivity index (χ1) is 10.1. The lowest BCUT2D eigenvalue weighted by Gasteiger charge is -2.38. The Morgan fingerprint density at radius 3 is 2.45 bits per heavy atom. The van der Waals surface area contributed by atoms with E-state index in [-0.39, 0.29) is 16.6 Å². The molecule has 0 aromatic rings. The first-order valence-corrected chi connectivity index (χ1v) is 8.12. The lowest BCUT2D eigenvalue weighted by Crippen LogP contribution is -2.26. The molecule has 1 aliphatic rings. The minimum absolute atomic E-state index is 0.138. The molecule has 0 radical (unpaired) electrons. The SMILES string of the molecule is CCOC(=O)C(C/C=C/C1=CC(C)(C)CC(C)(C)C1)C(C)=O. The predicted octanol–water partition coefficient (Wildman–Crippen LogP) is 4.47. The molecule has 3 nitrogen and oxygen atoms in total.